The van der Waals surface area contributed by atoms with E-state index in [1.54, 1.807) is 7.11 Å². The summed E-state index contributed by atoms with van der Waals surface area (Å²) in [5.74, 6) is 0. The summed E-state index contributed by atoms with van der Waals surface area (Å²) in [4.78, 5) is 0. The Hall–Kier alpha value is -0.870. The molecule has 4 nitrogen and oxygen atoms in total. The molecule has 1 aromatic heterocycles. The summed E-state index contributed by atoms with van der Waals surface area (Å²) in [5.41, 5.74) is 1.27. The lowest BCUT2D eigenvalue weighted by Crippen LogP contribution is -2.45. The first-order valence-corrected chi connectivity index (χ1v) is 6.04. The number of ether oxygens (including phenoxy) is 1. The number of rotatable bonds is 5. The summed E-state index contributed by atoms with van der Waals surface area (Å²) in [6.07, 6.45) is 6.78. The van der Waals surface area contributed by atoms with E-state index < -0.39 is 0 Å². The van der Waals surface area contributed by atoms with Gasteiger partial charge < -0.3 is 10.1 Å². The smallest absolute Gasteiger partial charge is 0.0601 e. The molecule has 1 atom stereocenters. The molecule has 2 rings (SSSR count). The number of nitrogens with one attached hydrogen (secondary N) is 1. The highest BCUT2D eigenvalue weighted by Gasteiger charge is 2.29. The minimum atomic E-state index is 0.378. The standard InChI is InChI=1S/C12H21N3O/c1-4-15-8-10(7-13-15)9(2)14-11-5-12(6-11)16-3/h7-9,11-12,14H,4-6H2,1-3H3. The molecule has 0 aliphatic heterocycles. The second kappa shape index (κ2) is 4.97. The maximum atomic E-state index is 5.27. The van der Waals surface area contributed by atoms with E-state index in [2.05, 4.69) is 30.5 Å². The minimum Gasteiger partial charge on any atom is -0.381 e. The molecule has 1 N–H and O–H groups in total. The lowest BCUT2D eigenvalue weighted by Gasteiger charge is -2.36. The molecule has 0 bridgehead atoms. The first-order valence-electron chi connectivity index (χ1n) is 6.04. The van der Waals surface area contributed by atoms with Crippen LogP contribution in [0, 0.1) is 0 Å². The van der Waals surface area contributed by atoms with Crippen molar-refractivity contribution in [3.63, 3.8) is 0 Å². The lowest BCUT2D eigenvalue weighted by molar-refractivity contribution is 0.0147. The minimum absolute atomic E-state index is 0.378. The van der Waals surface area contributed by atoms with Crippen molar-refractivity contribution in [1.82, 2.24) is 15.1 Å². The van der Waals surface area contributed by atoms with Crippen LogP contribution in [0.25, 0.3) is 0 Å². The molecule has 0 aromatic carbocycles. The van der Waals surface area contributed by atoms with Crippen LogP contribution in [0.15, 0.2) is 12.4 Å². The van der Waals surface area contributed by atoms with Gasteiger partial charge in [0.05, 0.1) is 12.3 Å². The summed E-state index contributed by atoms with van der Waals surface area (Å²) in [6, 6.07) is 0.980. The van der Waals surface area contributed by atoms with Crippen molar-refractivity contribution in [3.8, 4) is 0 Å². The molecule has 1 unspecified atom stereocenters. The third kappa shape index (κ3) is 2.44. The third-order valence-electron chi connectivity index (χ3n) is 3.39. The molecule has 0 radical (unpaired) electrons. The van der Waals surface area contributed by atoms with E-state index >= 15 is 0 Å². The Labute approximate surface area is 97.0 Å². The number of aromatic nitrogens is 2. The van der Waals surface area contributed by atoms with Crippen LogP contribution in [0.5, 0.6) is 0 Å². The maximum absolute atomic E-state index is 5.27. The van der Waals surface area contributed by atoms with E-state index in [0.717, 1.165) is 19.4 Å². The molecule has 1 aliphatic carbocycles. The van der Waals surface area contributed by atoms with Gasteiger partial charge in [0.15, 0.2) is 0 Å². The number of methoxy groups -OCH3 is 1. The summed E-state index contributed by atoms with van der Waals surface area (Å²) in [6.45, 7) is 5.23. The van der Waals surface area contributed by atoms with Gasteiger partial charge >= 0.3 is 0 Å². The van der Waals surface area contributed by atoms with E-state index in [0.29, 0.717) is 18.2 Å². The summed E-state index contributed by atoms with van der Waals surface area (Å²) >= 11 is 0. The van der Waals surface area contributed by atoms with Crippen molar-refractivity contribution >= 4 is 0 Å². The molecule has 90 valence electrons. The maximum Gasteiger partial charge on any atom is 0.0601 e. The second-order valence-electron chi connectivity index (χ2n) is 4.54. The number of hydrogen-bond acceptors (Lipinski definition) is 3. The largest absolute Gasteiger partial charge is 0.381 e. The van der Waals surface area contributed by atoms with Gasteiger partial charge in [-0.15, -0.1) is 0 Å². The van der Waals surface area contributed by atoms with Crippen molar-refractivity contribution in [3.05, 3.63) is 18.0 Å². The summed E-state index contributed by atoms with van der Waals surface area (Å²) in [5, 5.41) is 7.89. The topological polar surface area (TPSA) is 39.1 Å². The molecule has 1 heterocycles. The Morgan fingerprint density at radius 1 is 1.62 bits per heavy atom. The molecular formula is C12H21N3O. The first kappa shape index (κ1) is 11.6. The van der Waals surface area contributed by atoms with Gasteiger partial charge in [0.2, 0.25) is 0 Å². The van der Waals surface area contributed by atoms with Crippen molar-refractivity contribution in [2.24, 2.45) is 0 Å². The SMILES string of the molecule is CCn1cc(C(C)NC2CC(OC)C2)cn1. The quantitative estimate of drug-likeness (QED) is 0.826. The molecule has 0 amide bonds. The molecule has 1 saturated carbocycles. The van der Waals surface area contributed by atoms with Crippen LogP contribution >= 0.6 is 0 Å². The van der Waals surface area contributed by atoms with Crippen molar-refractivity contribution < 1.29 is 4.74 Å². The van der Waals surface area contributed by atoms with E-state index in [9.17, 15) is 0 Å². The van der Waals surface area contributed by atoms with Crippen LogP contribution in [0.1, 0.15) is 38.3 Å². The number of nitrogens with zero attached hydrogens (tertiary/aromatic N) is 2. The van der Waals surface area contributed by atoms with Crippen LogP contribution < -0.4 is 5.32 Å². The lowest BCUT2D eigenvalue weighted by atomic mass is 9.88. The zero-order valence-electron chi connectivity index (χ0n) is 10.3. The molecule has 16 heavy (non-hydrogen) atoms. The molecule has 0 saturated heterocycles. The van der Waals surface area contributed by atoms with Gasteiger partial charge in [-0.3, -0.25) is 4.68 Å². The van der Waals surface area contributed by atoms with E-state index in [1.165, 1.54) is 5.56 Å². The molecular weight excluding hydrogens is 202 g/mol. The summed E-state index contributed by atoms with van der Waals surface area (Å²) < 4.78 is 7.23. The predicted molar refractivity (Wildman–Crippen MR) is 63.3 cm³/mol. The zero-order valence-corrected chi connectivity index (χ0v) is 10.3. The van der Waals surface area contributed by atoms with Gasteiger partial charge in [0.25, 0.3) is 0 Å². The van der Waals surface area contributed by atoms with Crippen LogP contribution in [0.4, 0.5) is 0 Å². The van der Waals surface area contributed by atoms with Crippen molar-refractivity contribution in [1.29, 1.82) is 0 Å². The first-order chi connectivity index (χ1) is 7.72. The molecule has 0 spiro atoms. The van der Waals surface area contributed by atoms with E-state index in [4.69, 9.17) is 4.74 Å². The highest BCUT2D eigenvalue weighted by Crippen LogP contribution is 2.25. The highest BCUT2D eigenvalue weighted by atomic mass is 16.5. The number of aryl methyl sites for hydroxylation is 1. The Morgan fingerprint density at radius 2 is 2.38 bits per heavy atom. The second-order valence-corrected chi connectivity index (χ2v) is 4.54. The Kier molecular flexibility index (Phi) is 3.61. The fourth-order valence-corrected chi connectivity index (χ4v) is 2.12. The van der Waals surface area contributed by atoms with Gasteiger partial charge in [0.1, 0.15) is 0 Å². The average molecular weight is 223 g/mol. The van der Waals surface area contributed by atoms with E-state index in [-0.39, 0.29) is 0 Å². The van der Waals surface area contributed by atoms with Crippen LogP contribution in [0.2, 0.25) is 0 Å². The highest BCUT2D eigenvalue weighted by molar-refractivity contribution is 5.10. The normalized spacial score (nSPS) is 26.4. The fourth-order valence-electron chi connectivity index (χ4n) is 2.12. The van der Waals surface area contributed by atoms with Gasteiger partial charge in [-0.2, -0.15) is 5.10 Å². The Morgan fingerprint density at radius 3 is 2.94 bits per heavy atom. The van der Waals surface area contributed by atoms with Crippen molar-refractivity contribution in [2.75, 3.05) is 7.11 Å². The average Bonchev–Trinajstić information content (AvgIpc) is 2.70. The zero-order chi connectivity index (χ0) is 11.5. The Bertz CT molecular complexity index is 331. The molecule has 4 heteroatoms. The Balaban J connectivity index is 1.82. The van der Waals surface area contributed by atoms with Crippen LogP contribution in [-0.4, -0.2) is 29.0 Å². The van der Waals surface area contributed by atoms with E-state index in [1.807, 2.05) is 10.9 Å². The third-order valence-corrected chi connectivity index (χ3v) is 3.39. The molecule has 1 fully saturated rings. The predicted octanol–water partition coefficient (Wildman–Crippen LogP) is 1.73. The van der Waals surface area contributed by atoms with Gasteiger partial charge in [0, 0.05) is 37.5 Å². The number of hydrogen-bond donors (Lipinski definition) is 1. The monoisotopic (exact) mass is 223 g/mol. The molecule has 1 aliphatic rings. The summed E-state index contributed by atoms with van der Waals surface area (Å²) in [7, 11) is 1.79. The van der Waals surface area contributed by atoms with Crippen LogP contribution in [0.3, 0.4) is 0 Å². The fraction of sp³-hybridized carbons (Fsp3) is 0.750. The van der Waals surface area contributed by atoms with Gasteiger partial charge in [-0.1, -0.05) is 0 Å². The molecule has 1 aromatic rings. The van der Waals surface area contributed by atoms with Crippen molar-refractivity contribution in [2.45, 2.75) is 51.4 Å². The van der Waals surface area contributed by atoms with Gasteiger partial charge in [-0.25, -0.2) is 0 Å². The van der Waals surface area contributed by atoms with Gasteiger partial charge in [-0.05, 0) is 26.7 Å². The van der Waals surface area contributed by atoms with Crippen LogP contribution in [-0.2, 0) is 11.3 Å².